The first-order valence-electron chi connectivity index (χ1n) is 10.3. The fourth-order valence-corrected chi connectivity index (χ4v) is 4.34. The molecule has 27 heavy (non-hydrogen) atoms. The summed E-state index contributed by atoms with van der Waals surface area (Å²) in [5.41, 5.74) is 4.30. The first-order valence-corrected chi connectivity index (χ1v) is 10.3. The van der Waals surface area contributed by atoms with Gasteiger partial charge in [0.05, 0.1) is 0 Å². The van der Waals surface area contributed by atoms with Gasteiger partial charge in [-0.3, -0.25) is 9.80 Å². The van der Waals surface area contributed by atoms with E-state index in [-0.39, 0.29) is 0 Å². The number of hydrogen-bond donors (Lipinski definition) is 1. The first-order chi connectivity index (χ1) is 13.2. The normalized spacial score (nSPS) is 19.2. The third-order valence-electron chi connectivity index (χ3n) is 5.70. The van der Waals surface area contributed by atoms with Crippen LogP contribution in [-0.2, 0) is 19.4 Å². The van der Waals surface area contributed by atoms with Crippen molar-refractivity contribution in [3.05, 3.63) is 53.3 Å². The van der Waals surface area contributed by atoms with E-state index in [4.69, 9.17) is 0 Å². The molecule has 0 amide bonds. The van der Waals surface area contributed by atoms with Crippen molar-refractivity contribution in [3.63, 3.8) is 0 Å². The van der Waals surface area contributed by atoms with Crippen molar-refractivity contribution in [2.24, 2.45) is 0 Å². The van der Waals surface area contributed by atoms with Crippen LogP contribution in [0.15, 0.2) is 36.7 Å². The summed E-state index contributed by atoms with van der Waals surface area (Å²) in [4.78, 5) is 14.2. The van der Waals surface area contributed by atoms with Crippen LogP contribution < -0.4 is 5.32 Å². The average molecular weight is 366 g/mol. The minimum atomic E-state index is 0.356. The van der Waals surface area contributed by atoms with Gasteiger partial charge in [-0.2, -0.15) is 0 Å². The number of benzene rings is 1. The molecule has 0 atom stereocenters. The maximum absolute atomic E-state index is 4.45. The molecule has 2 heterocycles. The van der Waals surface area contributed by atoms with Crippen LogP contribution in [0.25, 0.3) is 0 Å². The Morgan fingerprint density at radius 3 is 2.37 bits per heavy atom. The number of aromatic nitrogens is 2. The summed E-state index contributed by atoms with van der Waals surface area (Å²) >= 11 is 0. The van der Waals surface area contributed by atoms with Gasteiger partial charge in [-0.15, -0.1) is 0 Å². The Morgan fingerprint density at radius 1 is 1.00 bits per heavy atom. The van der Waals surface area contributed by atoms with Crippen molar-refractivity contribution in [1.29, 1.82) is 0 Å². The van der Waals surface area contributed by atoms with Gasteiger partial charge in [0.25, 0.3) is 0 Å². The zero-order chi connectivity index (χ0) is 18.6. The molecular formula is C22H31N5. The van der Waals surface area contributed by atoms with E-state index in [0.717, 1.165) is 32.1 Å². The highest BCUT2D eigenvalue weighted by Gasteiger charge is 2.27. The Morgan fingerprint density at radius 2 is 1.70 bits per heavy atom. The van der Waals surface area contributed by atoms with E-state index >= 15 is 0 Å². The smallest absolute Gasteiger partial charge is 0.222 e. The highest BCUT2D eigenvalue weighted by Crippen LogP contribution is 2.26. The molecule has 0 bridgehead atoms. The van der Waals surface area contributed by atoms with Gasteiger partial charge in [-0.1, -0.05) is 24.3 Å². The Balaban J connectivity index is 1.30. The van der Waals surface area contributed by atoms with Crippen LogP contribution in [0.4, 0.5) is 5.95 Å². The van der Waals surface area contributed by atoms with Crippen molar-refractivity contribution in [2.75, 3.05) is 31.5 Å². The van der Waals surface area contributed by atoms with Crippen LogP contribution in [0.3, 0.4) is 0 Å². The molecular weight excluding hydrogens is 334 g/mol. The largest absolute Gasteiger partial charge is 0.352 e. The van der Waals surface area contributed by atoms with Crippen LogP contribution >= 0.6 is 0 Å². The van der Waals surface area contributed by atoms with E-state index in [2.05, 4.69) is 63.2 Å². The van der Waals surface area contributed by atoms with Crippen molar-refractivity contribution < 1.29 is 0 Å². The van der Waals surface area contributed by atoms with Crippen LogP contribution in [-0.4, -0.2) is 58.0 Å². The molecule has 5 heteroatoms. The predicted molar refractivity (Wildman–Crippen MR) is 110 cm³/mol. The summed E-state index contributed by atoms with van der Waals surface area (Å²) in [5.74, 6) is 0.719. The summed E-state index contributed by atoms with van der Waals surface area (Å²) in [7, 11) is 0. The molecule has 0 unspecified atom stereocenters. The van der Waals surface area contributed by atoms with E-state index in [9.17, 15) is 0 Å². The van der Waals surface area contributed by atoms with Crippen molar-refractivity contribution >= 4 is 5.95 Å². The quantitative estimate of drug-likeness (QED) is 0.882. The standard InChI is InChI=1S/C22H31N5/c1-17(2)25-22-23-14-18(15-24-22)16-26-8-5-9-27(11-10-26)21-12-19-6-3-4-7-20(19)13-21/h3-4,6-7,14-15,17,21H,5,8-13,16H2,1-2H3,(H,23,24,25). The van der Waals surface area contributed by atoms with Crippen LogP contribution in [0.1, 0.15) is 37.0 Å². The van der Waals surface area contributed by atoms with E-state index in [1.165, 1.54) is 31.4 Å². The molecule has 144 valence electrons. The molecule has 1 aromatic heterocycles. The van der Waals surface area contributed by atoms with Crippen molar-refractivity contribution in [3.8, 4) is 0 Å². The lowest BCUT2D eigenvalue weighted by Gasteiger charge is -2.27. The first kappa shape index (κ1) is 18.4. The minimum absolute atomic E-state index is 0.356. The predicted octanol–water partition coefficient (Wildman–Crippen LogP) is 2.97. The van der Waals surface area contributed by atoms with Gasteiger partial charge in [-0.05, 0) is 57.3 Å². The molecule has 0 radical (unpaired) electrons. The molecule has 4 rings (SSSR count). The molecule has 0 spiro atoms. The third-order valence-corrected chi connectivity index (χ3v) is 5.70. The monoisotopic (exact) mass is 365 g/mol. The third kappa shape index (κ3) is 4.66. The SMILES string of the molecule is CC(C)Nc1ncc(CN2CCCN(C3Cc4ccccc4C3)CC2)cn1. The highest BCUT2D eigenvalue weighted by atomic mass is 15.2. The lowest BCUT2D eigenvalue weighted by Crippen LogP contribution is -2.38. The summed E-state index contributed by atoms with van der Waals surface area (Å²) < 4.78 is 0. The number of fused-ring (bicyclic) bond motifs is 1. The maximum atomic E-state index is 4.45. The molecule has 5 nitrogen and oxygen atoms in total. The van der Waals surface area contributed by atoms with Crippen molar-refractivity contribution in [1.82, 2.24) is 19.8 Å². The molecule has 1 N–H and O–H groups in total. The molecule has 1 aliphatic heterocycles. The molecule has 2 aliphatic rings. The lowest BCUT2D eigenvalue weighted by atomic mass is 10.1. The van der Waals surface area contributed by atoms with Gasteiger partial charge in [0.2, 0.25) is 5.95 Å². The summed E-state index contributed by atoms with van der Waals surface area (Å²) in [6.07, 6.45) is 7.60. The maximum Gasteiger partial charge on any atom is 0.222 e. The molecule has 2 aromatic rings. The molecule has 0 saturated carbocycles. The number of anilines is 1. The van der Waals surface area contributed by atoms with Gasteiger partial charge in [0.15, 0.2) is 0 Å². The summed E-state index contributed by atoms with van der Waals surface area (Å²) in [5, 5.41) is 3.25. The van der Waals surface area contributed by atoms with E-state index < -0.39 is 0 Å². The van der Waals surface area contributed by atoms with Crippen LogP contribution in [0, 0.1) is 0 Å². The number of nitrogens with one attached hydrogen (secondary N) is 1. The van der Waals surface area contributed by atoms with Crippen molar-refractivity contribution in [2.45, 2.75) is 51.7 Å². The lowest BCUT2D eigenvalue weighted by molar-refractivity contribution is 0.201. The molecule has 1 saturated heterocycles. The molecule has 1 aromatic carbocycles. The molecule has 1 aliphatic carbocycles. The zero-order valence-electron chi connectivity index (χ0n) is 16.6. The number of rotatable bonds is 5. The summed E-state index contributed by atoms with van der Waals surface area (Å²) in [6, 6.07) is 10.0. The fourth-order valence-electron chi connectivity index (χ4n) is 4.34. The van der Waals surface area contributed by atoms with Crippen LogP contribution in [0.2, 0.25) is 0 Å². The number of hydrogen-bond acceptors (Lipinski definition) is 5. The second-order valence-electron chi connectivity index (χ2n) is 8.21. The summed E-state index contributed by atoms with van der Waals surface area (Å²) in [6.45, 7) is 9.79. The van der Waals surface area contributed by atoms with Gasteiger partial charge in [-0.25, -0.2) is 9.97 Å². The van der Waals surface area contributed by atoms with Gasteiger partial charge < -0.3 is 5.32 Å². The second-order valence-corrected chi connectivity index (χ2v) is 8.21. The van der Waals surface area contributed by atoms with E-state index in [1.807, 2.05) is 12.4 Å². The van der Waals surface area contributed by atoms with Gasteiger partial charge in [0.1, 0.15) is 0 Å². The van der Waals surface area contributed by atoms with Crippen LogP contribution in [0.5, 0.6) is 0 Å². The van der Waals surface area contributed by atoms with Gasteiger partial charge >= 0.3 is 0 Å². The average Bonchev–Trinajstić information content (AvgIpc) is 2.96. The fraction of sp³-hybridized carbons (Fsp3) is 0.545. The number of nitrogens with zero attached hydrogens (tertiary/aromatic N) is 4. The second kappa shape index (κ2) is 8.36. The topological polar surface area (TPSA) is 44.3 Å². The highest BCUT2D eigenvalue weighted by molar-refractivity contribution is 5.33. The zero-order valence-corrected chi connectivity index (χ0v) is 16.6. The van der Waals surface area contributed by atoms with E-state index in [0.29, 0.717) is 12.1 Å². The Hall–Kier alpha value is -1.98. The van der Waals surface area contributed by atoms with E-state index in [1.54, 1.807) is 11.1 Å². The Bertz CT molecular complexity index is 718. The minimum Gasteiger partial charge on any atom is -0.352 e. The van der Waals surface area contributed by atoms with Gasteiger partial charge in [0, 0.05) is 49.7 Å². The Labute approximate surface area is 162 Å². The molecule has 1 fully saturated rings. The Kier molecular flexibility index (Phi) is 5.69.